The molecular formula is C16H15FN2O2. The predicted molar refractivity (Wildman–Crippen MR) is 77.7 cm³/mol. The maximum Gasteiger partial charge on any atom is 0.238 e. The van der Waals surface area contributed by atoms with Crippen LogP contribution >= 0.6 is 0 Å². The van der Waals surface area contributed by atoms with Gasteiger partial charge in [-0.25, -0.2) is 4.39 Å². The molecule has 1 atom stereocenters. The number of hydrogen-bond acceptors (Lipinski definition) is 3. The Bertz CT molecular complexity index is 643. The van der Waals surface area contributed by atoms with Gasteiger partial charge in [-0.2, -0.15) is 0 Å². The molecule has 1 aliphatic heterocycles. The van der Waals surface area contributed by atoms with E-state index in [1.54, 1.807) is 0 Å². The first-order valence-electron chi connectivity index (χ1n) is 6.73. The molecule has 0 aromatic heterocycles. The number of nitrogens with one attached hydrogen (secondary N) is 2. The van der Waals surface area contributed by atoms with Crippen LogP contribution in [0.4, 0.5) is 10.1 Å². The third-order valence-corrected chi connectivity index (χ3v) is 3.34. The predicted octanol–water partition coefficient (Wildman–Crippen LogP) is 2.49. The molecule has 2 aromatic rings. The largest absolute Gasteiger partial charge is 0.491 e. The van der Waals surface area contributed by atoms with E-state index in [9.17, 15) is 9.18 Å². The van der Waals surface area contributed by atoms with Crippen molar-refractivity contribution in [3.8, 4) is 5.75 Å². The summed E-state index contributed by atoms with van der Waals surface area (Å²) in [6.07, 6.45) is 0. The van der Waals surface area contributed by atoms with Crippen molar-refractivity contribution < 1.29 is 13.9 Å². The van der Waals surface area contributed by atoms with E-state index in [-0.39, 0.29) is 24.3 Å². The molecule has 5 heteroatoms. The van der Waals surface area contributed by atoms with Crippen LogP contribution in [0.25, 0.3) is 0 Å². The molecule has 0 bridgehead atoms. The smallest absolute Gasteiger partial charge is 0.238 e. The van der Waals surface area contributed by atoms with E-state index in [1.807, 2.05) is 24.3 Å². The lowest BCUT2D eigenvalue weighted by Gasteiger charge is -2.11. The second kappa shape index (κ2) is 5.93. The first kappa shape index (κ1) is 13.6. The lowest BCUT2D eigenvalue weighted by molar-refractivity contribution is -0.115. The highest BCUT2D eigenvalue weighted by molar-refractivity contribution is 5.92. The van der Waals surface area contributed by atoms with Gasteiger partial charge < -0.3 is 10.1 Å². The zero-order chi connectivity index (χ0) is 14.7. The summed E-state index contributed by atoms with van der Waals surface area (Å²) in [5, 5.41) is 5.87. The maximum atomic E-state index is 12.8. The average Bonchev–Trinajstić information content (AvgIpc) is 2.91. The molecule has 4 nitrogen and oxygen atoms in total. The fourth-order valence-electron chi connectivity index (χ4n) is 2.29. The Morgan fingerprint density at radius 2 is 1.95 bits per heavy atom. The third-order valence-electron chi connectivity index (χ3n) is 3.34. The number of carbonyl (C=O) groups is 1. The highest BCUT2D eigenvalue weighted by Crippen LogP contribution is 2.31. The lowest BCUT2D eigenvalue weighted by atomic mass is 10.1. The Morgan fingerprint density at radius 3 is 2.76 bits per heavy atom. The Balaban J connectivity index is 1.54. The Morgan fingerprint density at radius 1 is 1.19 bits per heavy atom. The van der Waals surface area contributed by atoms with Crippen molar-refractivity contribution in [3.63, 3.8) is 0 Å². The highest BCUT2D eigenvalue weighted by Gasteiger charge is 2.23. The molecule has 0 spiro atoms. The van der Waals surface area contributed by atoms with Gasteiger partial charge in [0.1, 0.15) is 18.2 Å². The van der Waals surface area contributed by atoms with Crippen LogP contribution in [-0.2, 0) is 4.79 Å². The van der Waals surface area contributed by atoms with Crippen LogP contribution < -0.4 is 15.4 Å². The number of amides is 1. The fourth-order valence-corrected chi connectivity index (χ4v) is 2.29. The molecule has 21 heavy (non-hydrogen) atoms. The molecule has 0 fully saturated rings. The van der Waals surface area contributed by atoms with E-state index in [0.29, 0.717) is 12.3 Å². The normalized spacial score (nSPS) is 16.1. The second-order valence-electron chi connectivity index (χ2n) is 4.84. The molecule has 0 radical (unpaired) electrons. The minimum atomic E-state index is -0.328. The average molecular weight is 286 g/mol. The van der Waals surface area contributed by atoms with Crippen LogP contribution in [-0.4, -0.2) is 19.1 Å². The van der Waals surface area contributed by atoms with E-state index >= 15 is 0 Å². The molecule has 0 saturated carbocycles. The third kappa shape index (κ3) is 3.20. The van der Waals surface area contributed by atoms with Crippen molar-refractivity contribution in [1.82, 2.24) is 5.32 Å². The highest BCUT2D eigenvalue weighted by atomic mass is 19.1. The SMILES string of the molecule is O=C(CNC1COc2ccccc21)Nc1ccc(F)cc1. The van der Waals surface area contributed by atoms with Gasteiger partial charge in [-0.3, -0.25) is 10.1 Å². The summed E-state index contributed by atoms with van der Waals surface area (Å²) >= 11 is 0. The first-order chi connectivity index (χ1) is 10.2. The number of ether oxygens (including phenoxy) is 1. The van der Waals surface area contributed by atoms with Gasteiger partial charge in [-0.1, -0.05) is 18.2 Å². The van der Waals surface area contributed by atoms with E-state index < -0.39 is 0 Å². The van der Waals surface area contributed by atoms with Gasteiger partial charge in [-0.15, -0.1) is 0 Å². The van der Waals surface area contributed by atoms with E-state index in [0.717, 1.165) is 11.3 Å². The van der Waals surface area contributed by atoms with Gasteiger partial charge in [0.15, 0.2) is 0 Å². The molecule has 1 amide bonds. The number of benzene rings is 2. The zero-order valence-electron chi connectivity index (χ0n) is 11.3. The van der Waals surface area contributed by atoms with Gasteiger partial charge in [-0.05, 0) is 30.3 Å². The van der Waals surface area contributed by atoms with Crippen molar-refractivity contribution in [3.05, 3.63) is 59.9 Å². The number of fused-ring (bicyclic) bond motifs is 1. The molecule has 2 N–H and O–H groups in total. The molecule has 3 rings (SSSR count). The minimum absolute atomic E-state index is 0.0140. The summed E-state index contributed by atoms with van der Waals surface area (Å²) < 4.78 is 18.3. The van der Waals surface area contributed by atoms with Gasteiger partial charge in [0.05, 0.1) is 12.6 Å². The summed E-state index contributed by atoms with van der Waals surface area (Å²) in [5.74, 6) is 0.353. The Labute approximate surface area is 121 Å². The molecule has 108 valence electrons. The molecule has 1 heterocycles. The van der Waals surface area contributed by atoms with Crippen LogP contribution in [0.15, 0.2) is 48.5 Å². The number of rotatable bonds is 4. The van der Waals surface area contributed by atoms with Crippen molar-refractivity contribution in [2.45, 2.75) is 6.04 Å². The number of halogens is 1. The number of hydrogen-bond donors (Lipinski definition) is 2. The molecular weight excluding hydrogens is 271 g/mol. The molecule has 2 aromatic carbocycles. The van der Waals surface area contributed by atoms with E-state index in [1.165, 1.54) is 24.3 Å². The van der Waals surface area contributed by atoms with Crippen LogP contribution in [0.3, 0.4) is 0 Å². The van der Waals surface area contributed by atoms with Crippen LogP contribution in [0.1, 0.15) is 11.6 Å². The lowest BCUT2D eigenvalue weighted by Crippen LogP contribution is -2.32. The number of carbonyl (C=O) groups excluding carboxylic acids is 1. The Kier molecular flexibility index (Phi) is 3.83. The van der Waals surface area contributed by atoms with Crippen molar-refractivity contribution in [1.29, 1.82) is 0 Å². The Hall–Kier alpha value is -2.40. The van der Waals surface area contributed by atoms with Crippen molar-refractivity contribution >= 4 is 11.6 Å². The molecule has 1 unspecified atom stereocenters. The van der Waals surface area contributed by atoms with Gasteiger partial charge >= 0.3 is 0 Å². The summed E-state index contributed by atoms with van der Waals surface area (Å²) in [7, 11) is 0. The van der Waals surface area contributed by atoms with Gasteiger partial charge in [0, 0.05) is 11.3 Å². The topological polar surface area (TPSA) is 50.4 Å². The fraction of sp³-hybridized carbons (Fsp3) is 0.188. The zero-order valence-corrected chi connectivity index (χ0v) is 11.3. The summed E-state index contributed by atoms with van der Waals surface area (Å²) in [4.78, 5) is 11.9. The van der Waals surface area contributed by atoms with E-state index in [2.05, 4.69) is 10.6 Å². The first-order valence-corrected chi connectivity index (χ1v) is 6.73. The number of anilines is 1. The van der Waals surface area contributed by atoms with Crippen LogP contribution in [0.5, 0.6) is 5.75 Å². The van der Waals surface area contributed by atoms with Gasteiger partial charge in [0.25, 0.3) is 0 Å². The van der Waals surface area contributed by atoms with Crippen LogP contribution in [0.2, 0.25) is 0 Å². The standard InChI is InChI=1S/C16H15FN2O2/c17-11-5-7-12(8-6-11)19-16(20)9-18-14-10-21-15-4-2-1-3-13(14)15/h1-8,14,18H,9-10H2,(H,19,20). The molecule has 0 saturated heterocycles. The summed E-state index contributed by atoms with van der Waals surface area (Å²) in [6, 6.07) is 13.5. The van der Waals surface area contributed by atoms with Crippen LogP contribution in [0, 0.1) is 5.82 Å². The number of para-hydroxylation sites is 1. The second-order valence-corrected chi connectivity index (χ2v) is 4.84. The monoisotopic (exact) mass is 286 g/mol. The minimum Gasteiger partial charge on any atom is -0.491 e. The van der Waals surface area contributed by atoms with E-state index in [4.69, 9.17) is 4.74 Å². The van der Waals surface area contributed by atoms with Gasteiger partial charge in [0.2, 0.25) is 5.91 Å². The summed E-state index contributed by atoms with van der Waals surface area (Å²) in [6.45, 7) is 0.683. The summed E-state index contributed by atoms with van der Waals surface area (Å²) in [5.41, 5.74) is 1.64. The maximum absolute atomic E-state index is 12.8. The quantitative estimate of drug-likeness (QED) is 0.908. The molecule has 0 aliphatic carbocycles. The van der Waals surface area contributed by atoms with Crippen molar-refractivity contribution in [2.75, 3.05) is 18.5 Å². The molecule has 1 aliphatic rings. The van der Waals surface area contributed by atoms with Crippen molar-refractivity contribution in [2.24, 2.45) is 0 Å².